The van der Waals surface area contributed by atoms with Crippen molar-refractivity contribution in [3.63, 3.8) is 0 Å². The van der Waals surface area contributed by atoms with E-state index in [-0.39, 0.29) is 6.03 Å². The number of hydrogen-bond donors (Lipinski definition) is 1. The third-order valence-corrected chi connectivity index (χ3v) is 5.43. The molecule has 2 aliphatic rings. The van der Waals surface area contributed by atoms with E-state index >= 15 is 0 Å². The van der Waals surface area contributed by atoms with Crippen molar-refractivity contribution in [3.05, 3.63) is 22.4 Å². The van der Waals surface area contributed by atoms with E-state index in [1.54, 1.807) is 11.3 Å². The Morgan fingerprint density at radius 3 is 2.55 bits per heavy atom. The van der Waals surface area contributed by atoms with Crippen LogP contribution < -0.4 is 5.32 Å². The molecule has 0 radical (unpaired) electrons. The van der Waals surface area contributed by atoms with E-state index in [4.69, 9.17) is 0 Å². The predicted molar refractivity (Wildman–Crippen MR) is 83.3 cm³/mol. The maximum Gasteiger partial charge on any atom is 0.317 e. The fraction of sp³-hybridized carbons (Fsp3) is 0.688. The zero-order valence-corrected chi connectivity index (χ0v) is 12.8. The molecule has 0 bridgehead atoms. The molecule has 2 fully saturated rings. The molecule has 1 saturated heterocycles. The molecular formula is C16H24N2OS. The summed E-state index contributed by atoms with van der Waals surface area (Å²) in [6, 6.07) is 2.82. The Hall–Kier alpha value is -1.03. The highest BCUT2D eigenvalue weighted by Gasteiger charge is 2.25. The lowest BCUT2D eigenvalue weighted by atomic mass is 9.91. The van der Waals surface area contributed by atoms with Gasteiger partial charge in [-0.2, -0.15) is 11.3 Å². The van der Waals surface area contributed by atoms with Crippen molar-refractivity contribution in [2.45, 2.75) is 56.9 Å². The number of thiophene rings is 1. The van der Waals surface area contributed by atoms with Crippen LogP contribution in [0.25, 0.3) is 0 Å². The number of carbonyl (C=O) groups is 1. The number of likely N-dealkylation sites (tertiary alicyclic amines) is 1. The number of nitrogens with zero attached hydrogens (tertiary/aromatic N) is 1. The van der Waals surface area contributed by atoms with Gasteiger partial charge in [0.2, 0.25) is 0 Å². The second-order valence-electron chi connectivity index (χ2n) is 6.10. The topological polar surface area (TPSA) is 32.3 Å². The number of piperidine rings is 1. The van der Waals surface area contributed by atoms with Gasteiger partial charge in [-0.3, -0.25) is 0 Å². The summed E-state index contributed by atoms with van der Waals surface area (Å²) in [5, 5.41) is 7.63. The van der Waals surface area contributed by atoms with Gasteiger partial charge in [0.25, 0.3) is 0 Å². The molecule has 3 rings (SSSR count). The van der Waals surface area contributed by atoms with Gasteiger partial charge >= 0.3 is 6.03 Å². The maximum absolute atomic E-state index is 12.3. The first kappa shape index (κ1) is 13.9. The van der Waals surface area contributed by atoms with Gasteiger partial charge < -0.3 is 10.2 Å². The molecule has 1 aliphatic heterocycles. The fourth-order valence-corrected chi connectivity index (χ4v) is 4.18. The van der Waals surface area contributed by atoms with Crippen molar-refractivity contribution in [1.82, 2.24) is 10.2 Å². The van der Waals surface area contributed by atoms with Crippen LogP contribution in [0.3, 0.4) is 0 Å². The summed E-state index contributed by atoms with van der Waals surface area (Å²) in [5.41, 5.74) is 1.46. The molecule has 20 heavy (non-hydrogen) atoms. The van der Waals surface area contributed by atoms with Crippen LogP contribution in [0, 0.1) is 0 Å². The Bertz CT molecular complexity index is 418. The Balaban J connectivity index is 1.46. The number of nitrogens with one attached hydrogen (secondary N) is 1. The van der Waals surface area contributed by atoms with Gasteiger partial charge in [0.05, 0.1) is 0 Å². The van der Waals surface area contributed by atoms with Crippen LogP contribution in [-0.4, -0.2) is 30.1 Å². The van der Waals surface area contributed by atoms with Crippen molar-refractivity contribution in [3.8, 4) is 0 Å². The average Bonchev–Trinajstić information content (AvgIpc) is 3.03. The molecule has 1 aliphatic carbocycles. The summed E-state index contributed by atoms with van der Waals surface area (Å²) in [6.45, 7) is 1.80. The van der Waals surface area contributed by atoms with Crippen molar-refractivity contribution < 1.29 is 4.79 Å². The monoisotopic (exact) mass is 292 g/mol. The summed E-state index contributed by atoms with van der Waals surface area (Å²) in [5.74, 6) is 0.653. The van der Waals surface area contributed by atoms with Gasteiger partial charge in [-0.25, -0.2) is 4.79 Å². The Kier molecular flexibility index (Phi) is 4.61. The SMILES string of the molecule is O=C(NC1CCCCC1)N1CCC(c2ccsc2)CC1. The molecule has 4 heteroatoms. The number of rotatable bonds is 2. The van der Waals surface area contributed by atoms with Gasteiger partial charge in [-0.1, -0.05) is 19.3 Å². The molecule has 0 spiro atoms. The van der Waals surface area contributed by atoms with E-state index in [0.717, 1.165) is 38.8 Å². The lowest BCUT2D eigenvalue weighted by Crippen LogP contribution is -2.48. The highest BCUT2D eigenvalue weighted by Crippen LogP contribution is 2.29. The summed E-state index contributed by atoms with van der Waals surface area (Å²) in [4.78, 5) is 14.3. The van der Waals surface area contributed by atoms with Gasteiger partial charge in [0, 0.05) is 19.1 Å². The minimum absolute atomic E-state index is 0.167. The largest absolute Gasteiger partial charge is 0.335 e. The quantitative estimate of drug-likeness (QED) is 0.879. The average molecular weight is 292 g/mol. The lowest BCUT2D eigenvalue weighted by Gasteiger charge is -2.33. The second kappa shape index (κ2) is 6.61. The molecule has 0 unspecified atom stereocenters. The van der Waals surface area contributed by atoms with Crippen molar-refractivity contribution in [2.24, 2.45) is 0 Å². The molecule has 3 nitrogen and oxygen atoms in total. The van der Waals surface area contributed by atoms with Crippen molar-refractivity contribution in [2.75, 3.05) is 13.1 Å². The van der Waals surface area contributed by atoms with Crippen molar-refractivity contribution in [1.29, 1.82) is 0 Å². The zero-order chi connectivity index (χ0) is 13.8. The molecular weight excluding hydrogens is 268 g/mol. The van der Waals surface area contributed by atoms with E-state index in [1.807, 2.05) is 4.90 Å². The first-order valence-electron chi connectivity index (χ1n) is 7.90. The first-order valence-corrected chi connectivity index (χ1v) is 8.85. The van der Waals surface area contributed by atoms with Crippen LogP contribution >= 0.6 is 11.3 Å². The molecule has 110 valence electrons. The van der Waals surface area contributed by atoms with E-state index < -0.39 is 0 Å². The van der Waals surface area contributed by atoms with Gasteiger partial charge in [-0.15, -0.1) is 0 Å². The van der Waals surface area contributed by atoms with Crippen LogP contribution in [0.5, 0.6) is 0 Å². The number of hydrogen-bond acceptors (Lipinski definition) is 2. The zero-order valence-electron chi connectivity index (χ0n) is 12.0. The van der Waals surface area contributed by atoms with Crippen LogP contribution in [0.15, 0.2) is 16.8 Å². The van der Waals surface area contributed by atoms with E-state index in [2.05, 4.69) is 22.1 Å². The molecule has 1 aromatic heterocycles. The summed E-state index contributed by atoms with van der Waals surface area (Å²) in [7, 11) is 0. The Morgan fingerprint density at radius 2 is 1.90 bits per heavy atom. The van der Waals surface area contributed by atoms with Crippen LogP contribution in [0.1, 0.15) is 56.4 Å². The first-order chi connectivity index (χ1) is 9.83. The minimum Gasteiger partial charge on any atom is -0.335 e. The lowest BCUT2D eigenvalue weighted by molar-refractivity contribution is 0.174. The highest BCUT2D eigenvalue weighted by atomic mass is 32.1. The minimum atomic E-state index is 0.167. The van der Waals surface area contributed by atoms with Crippen LogP contribution in [-0.2, 0) is 0 Å². The summed E-state index contributed by atoms with van der Waals surface area (Å²) in [6.07, 6.45) is 8.41. The number of carbonyl (C=O) groups excluding carboxylic acids is 1. The Morgan fingerprint density at radius 1 is 1.15 bits per heavy atom. The third kappa shape index (κ3) is 3.35. The molecule has 1 N–H and O–H groups in total. The van der Waals surface area contributed by atoms with Gasteiger partial charge in [0.15, 0.2) is 0 Å². The smallest absolute Gasteiger partial charge is 0.317 e. The predicted octanol–water partition coefficient (Wildman–Crippen LogP) is 3.97. The van der Waals surface area contributed by atoms with E-state index in [9.17, 15) is 4.79 Å². The van der Waals surface area contributed by atoms with Gasteiger partial charge in [-0.05, 0) is 54.0 Å². The maximum atomic E-state index is 12.3. The molecule has 2 heterocycles. The van der Waals surface area contributed by atoms with E-state index in [0.29, 0.717) is 12.0 Å². The van der Waals surface area contributed by atoms with Crippen molar-refractivity contribution >= 4 is 17.4 Å². The molecule has 0 aromatic carbocycles. The van der Waals surface area contributed by atoms with Crippen LogP contribution in [0.2, 0.25) is 0 Å². The molecule has 2 amide bonds. The van der Waals surface area contributed by atoms with E-state index in [1.165, 1.54) is 24.8 Å². The third-order valence-electron chi connectivity index (χ3n) is 4.73. The van der Waals surface area contributed by atoms with Crippen LogP contribution in [0.4, 0.5) is 4.79 Å². The summed E-state index contributed by atoms with van der Waals surface area (Å²) >= 11 is 1.77. The second-order valence-corrected chi connectivity index (χ2v) is 6.88. The summed E-state index contributed by atoms with van der Waals surface area (Å²) < 4.78 is 0. The number of amides is 2. The molecule has 1 aromatic rings. The number of urea groups is 1. The highest BCUT2D eigenvalue weighted by molar-refractivity contribution is 7.07. The van der Waals surface area contributed by atoms with Gasteiger partial charge in [0.1, 0.15) is 0 Å². The normalized spacial score (nSPS) is 21.9. The molecule has 0 atom stereocenters. The standard InChI is InChI=1S/C16H24N2OS/c19-16(17-15-4-2-1-3-5-15)18-9-6-13(7-10-18)14-8-11-20-12-14/h8,11-13,15H,1-7,9-10H2,(H,17,19). The molecule has 1 saturated carbocycles. The Labute approximate surface area is 125 Å². The fourth-order valence-electron chi connectivity index (χ4n) is 3.44.